The van der Waals surface area contributed by atoms with Crippen molar-refractivity contribution < 1.29 is 0 Å². The lowest BCUT2D eigenvalue weighted by molar-refractivity contribution is 0.312. The standard InChI is InChI=1S/C24H29N5S/c1-5-6-14-28-22(21(27-24(28)30)20-11-7-8-12-25-20)19-15-17(3)29(18(19)4)23-16(2)10-9-13-26-23/h7-13,15,21-22H,5-6,14H2,1-4H3,(H,27,30)/t21-,22-/m0/s1. The van der Waals surface area contributed by atoms with Crippen molar-refractivity contribution >= 4 is 17.3 Å². The van der Waals surface area contributed by atoms with Crippen molar-refractivity contribution in [3.05, 3.63) is 77.0 Å². The minimum Gasteiger partial charge on any atom is -0.352 e. The second-order valence-corrected chi connectivity index (χ2v) is 8.37. The van der Waals surface area contributed by atoms with Gasteiger partial charge < -0.3 is 14.8 Å². The molecule has 1 aliphatic heterocycles. The van der Waals surface area contributed by atoms with Crippen LogP contribution in [-0.2, 0) is 0 Å². The van der Waals surface area contributed by atoms with Gasteiger partial charge in [0.25, 0.3) is 0 Å². The van der Waals surface area contributed by atoms with Gasteiger partial charge in [0.2, 0.25) is 0 Å². The van der Waals surface area contributed by atoms with E-state index in [2.05, 4.69) is 70.6 Å². The maximum Gasteiger partial charge on any atom is 0.170 e. The molecule has 0 spiro atoms. The Morgan fingerprint density at radius 2 is 1.87 bits per heavy atom. The number of nitrogens with one attached hydrogen (secondary N) is 1. The molecule has 2 atom stereocenters. The van der Waals surface area contributed by atoms with Crippen LogP contribution in [0.1, 0.15) is 60.1 Å². The zero-order valence-corrected chi connectivity index (χ0v) is 18.9. The molecule has 0 saturated carbocycles. The monoisotopic (exact) mass is 419 g/mol. The highest BCUT2D eigenvalue weighted by Gasteiger charge is 2.41. The summed E-state index contributed by atoms with van der Waals surface area (Å²) >= 11 is 5.77. The van der Waals surface area contributed by atoms with Crippen molar-refractivity contribution in [1.29, 1.82) is 0 Å². The normalized spacial score (nSPS) is 18.7. The van der Waals surface area contributed by atoms with Crippen molar-refractivity contribution in [1.82, 2.24) is 24.8 Å². The number of thiocarbonyl (C=S) groups is 1. The van der Waals surface area contributed by atoms with Gasteiger partial charge in [-0.25, -0.2) is 4.98 Å². The Labute approximate surface area is 184 Å². The van der Waals surface area contributed by atoms with Gasteiger partial charge in [0.15, 0.2) is 5.11 Å². The maximum absolute atomic E-state index is 5.77. The largest absolute Gasteiger partial charge is 0.352 e. The van der Waals surface area contributed by atoms with Crippen LogP contribution in [0.15, 0.2) is 48.8 Å². The minimum atomic E-state index is 0.0225. The average molecular weight is 420 g/mol. The molecule has 0 bridgehead atoms. The van der Waals surface area contributed by atoms with Crippen LogP contribution in [0.3, 0.4) is 0 Å². The number of hydrogen-bond donors (Lipinski definition) is 1. The van der Waals surface area contributed by atoms with Crippen LogP contribution in [0, 0.1) is 20.8 Å². The van der Waals surface area contributed by atoms with Gasteiger partial charge in [-0.05, 0) is 74.8 Å². The molecule has 1 aliphatic rings. The van der Waals surface area contributed by atoms with Crippen molar-refractivity contribution in [2.75, 3.05) is 6.54 Å². The Morgan fingerprint density at radius 3 is 2.57 bits per heavy atom. The third-order valence-electron chi connectivity index (χ3n) is 5.93. The molecule has 0 amide bonds. The summed E-state index contributed by atoms with van der Waals surface area (Å²) < 4.78 is 2.26. The number of rotatable bonds is 6. The molecule has 0 aliphatic carbocycles. The second-order valence-electron chi connectivity index (χ2n) is 7.98. The van der Waals surface area contributed by atoms with Gasteiger partial charge in [-0.3, -0.25) is 4.98 Å². The fourth-order valence-corrected chi connectivity index (χ4v) is 4.77. The molecule has 1 N–H and O–H groups in total. The summed E-state index contributed by atoms with van der Waals surface area (Å²) in [7, 11) is 0. The molecule has 4 rings (SSSR count). The van der Waals surface area contributed by atoms with E-state index in [4.69, 9.17) is 12.2 Å². The van der Waals surface area contributed by atoms with Gasteiger partial charge in [0.05, 0.1) is 17.8 Å². The van der Waals surface area contributed by atoms with Gasteiger partial charge in [-0.2, -0.15) is 0 Å². The maximum atomic E-state index is 5.77. The highest BCUT2D eigenvalue weighted by atomic mass is 32.1. The lowest BCUT2D eigenvalue weighted by atomic mass is 9.96. The van der Waals surface area contributed by atoms with Crippen LogP contribution in [0.5, 0.6) is 0 Å². The van der Waals surface area contributed by atoms with Crippen LogP contribution < -0.4 is 5.32 Å². The van der Waals surface area contributed by atoms with Gasteiger partial charge in [-0.15, -0.1) is 0 Å². The molecule has 3 aromatic rings. The van der Waals surface area contributed by atoms with Gasteiger partial charge in [0.1, 0.15) is 5.82 Å². The van der Waals surface area contributed by atoms with Crippen LogP contribution in [0.4, 0.5) is 0 Å². The van der Waals surface area contributed by atoms with E-state index in [1.165, 1.54) is 17.0 Å². The number of aryl methyl sites for hydroxylation is 2. The first-order valence-electron chi connectivity index (χ1n) is 10.6. The first kappa shape index (κ1) is 20.5. The molecular weight excluding hydrogens is 390 g/mol. The number of unbranched alkanes of at least 4 members (excludes halogenated alkanes) is 1. The summed E-state index contributed by atoms with van der Waals surface area (Å²) in [6.07, 6.45) is 5.95. The van der Waals surface area contributed by atoms with E-state index >= 15 is 0 Å². The third-order valence-corrected chi connectivity index (χ3v) is 6.29. The smallest absolute Gasteiger partial charge is 0.170 e. The number of hydrogen-bond acceptors (Lipinski definition) is 3. The molecule has 1 fully saturated rings. The van der Waals surface area contributed by atoms with Gasteiger partial charge in [-0.1, -0.05) is 25.5 Å². The fraction of sp³-hybridized carbons (Fsp3) is 0.375. The SMILES string of the molecule is CCCCN1C(=S)N[C@@H](c2ccccn2)[C@@H]1c1cc(C)n(-c2ncccc2C)c1C. The van der Waals surface area contributed by atoms with E-state index in [9.17, 15) is 0 Å². The predicted molar refractivity (Wildman–Crippen MR) is 125 cm³/mol. The Morgan fingerprint density at radius 1 is 1.07 bits per heavy atom. The zero-order valence-electron chi connectivity index (χ0n) is 18.1. The Bertz CT molecular complexity index is 1040. The summed E-state index contributed by atoms with van der Waals surface area (Å²) in [4.78, 5) is 11.7. The quantitative estimate of drug-likeness (QED) is 0.572. The van der Waals surface area contributed by atoms with Crippen LogP contribution in [-0.4, -0.2) is 31.1 Å². The molecule has 5 nitrogen and oxygen atoms in total. The highest BCUT2D eigenvalue weighted by molar-refractivity contribution is 7.80. The third kappa shape index (κ3) is 3.60. The fourth-order valence-electron chi connectivity index (χ4n) is 4.44. The first-order chi connectivity index (χ1) is 14.5. The zero-order chi connectivity index (χ0) is 21.3. The van der Waals surface area contributed by atoms with Crippen LogP contribution in [0.25, 0.3) is 5.82 Å². The van der Waals surface area contributed by atoms with E-state index in [0.29, 0.717) is 0 Å². The summed E-state index contributed by atoms with van der Waals surface area (Å²) in [5, 5.41) is 4.36. The molecule has 6 heteroatoms. The van der Waals surface area contributed by atoms with Crippen molar-refractivity contribution in [3.8, 4) is 5.82 Å². The average Bonchev–Trinajstić information content (AvgIpc) is 3.23. The van der Waals surface area contributed by atoms with Crippen LogP contribution in [0.2, 0.25) is 0 Å². The van der Waals surface area contributed by atoms with Crippen molar-refractivity contribution in [2.45, 2.75) is 52.6 Å². The van der Waals surface area contributed by atoms with E-state index in [0.717, 1.165) is 41.6 Å². The number of nitrogens with zero attached hydrogens (tertiary/aromatic N) is 4. The summed E-state index contributed by atoms with van der Waals surface area (Å²) in [6.45, 7) is 9.59. The first-order valence-corrected chi connectivity index (χ1v) is 11.0. The molecule has 0 radical (unpaired) electrons. The van der Waals surface area contributed by atoms with Crippen molar-refractivity contribution in [3.63, 3.8) is 0 Å². The number of pyridine rings is 2. The topological polar surface area (TPSA) is 46.0 Å². The molecule has 4 heterocycles. The second kappa shape index (κ2) is 8.56. The summed E-state index contributed by atoms with van der Waals surface area (Å²) in [5.41, 5.74) is 5.83. The lowest BCUT2D eigenvalue weighted by Crippen LogP contribution is -2.30. The molecule has 0 aromatic carbocycles. The lowest BCUT2D eigenvalue weighted by Gasteiger charge is -2.28. The molecule has 0 unspecified atom stereocenters. The highest BCUT2D eigenvalue weighted by Crippen LogP contribution is 2.41. The molecule has 156 valence electrons. The predicted octanol–water partition coefficient (Wildman–Crippen LogP) is 4.97. The number of aromatic nitrogens is 3. The van der Waals surface area contributed by atoms with Crippen LogP contribution >= 0.6 is 12.2 Å². The van der Waals surface area contributed by atoms with E-state index in [1.807, 2.05) is 30.6 Å². The summed E-state index contributed by atoms with van der Waals surface area (Å²) in [5.74, 6) is 0.988. The van der Waals surface area contributed by atoms with E-state index in [-0.39, 0.29) is 12.1 Å². The molecule has 30 heavy (non-hydrogen) atoms. The van der Waals surface area contributed by atoms with E-state index < -0.39 is 0 Å². The van der Waals surface area contributed by atoms with Crippen molar-refractivity contribution in [2.24, 2.45) is 0 Å². The Hall–Kier alpha value is -2.73. The molecular formula is C24H29N5S. The molecule has 1 saturated heterocycles. The molecule has 3 aromatic heterocycles. The van der Waals surface area contributed by atoms with Gasteiger partial charge in [0, 0.05) is 30.3 Å². The minimum absolute atomic E-state index is 0.0225. The Kier molecular flexibility index (Phi) is 5.86. The van der Waals surface area contributed by atoms with E-state index in [1.54, 1.807) is 0 Å². The Balaban J connectivity index is 1.83. The van der Waals surface area contributed by atoms with Gasteiger partial charge >= 0.3 is 0 Å². The summed E-state index contributed by atoms with van der Waals surface area (Å²) in [6, 6.07) is 12.6.